The molecule has 1 saturated heterocycles. The van der Waals surface area contributed by atoms with Crippen molar-refractivity contribution >= 4 is 5.91 Å². The molecule has 1 unspecified atom stereocenters. The first kappa shape index (κ1) is 13.6. The Morgan fingerprint density at radius 2 is 2.21 bits per heavy atom. The van der Waals surface area contributed by atoms with Gasteiger partial charge >= 0.3 is 0 Å². The summed E-state index contributed by atoms with van der Waals surface area (Å²) >= 11 is 0. The molecule has 1 aliphatic rings. The van der Waals surface area contributed by atoms with Crippen molar-refractivity contribution in [3.63, 3.8) is 0 Å². The van der Waals surface area contributed by atoms with E-state index >= 15 is 0 Å². The SMILES string of the molecule is C=CCOc1ccc(C(=O)N2CCC(CO)C2)cc1. The number of hydrogen-bond acceptors (Lipinski definition) is 3. The predicted molar refractivity (Wildman–Crippen MR) is 73.2 cm³/mol. The summed E-state index contributed by atoms with van der Waals surface area (Å²) < 4.78 is 5.37. The summed E-state index contributed by atoms with van der Waals surface area (Å²) in [7, 11) is 0. The van der Waals surface area contributed by atoms with Crippen LogP contribution < -0.4 is 4.74 Å². The Bertz CT molecular complexity index is 441. The van der Waals surface area contributed by atoms with Crippen molar-refractivity contribution in [3.8, 4) is 5.75 Å². The van der Waals surface area contributed by atoms with Crippen LogP contribution in [0, 0.1) is 5.92 Å². The van der Waals surface area contributed by atoms with Crippen molar-refractivity contribution in [2.24, 2.45) is 5.92 Å². The summed E-state index contributed by atoms with van der Waals surface area (Å²) in [6.45, 7) is 5.55. The van der Waals surface area contributed by atoms with Gasteiger partial charge in [0.1, 0.15) is 12.4 Å². The van der Waals surface area contributed by atoms with Gasteiger partial charge in [0.25, 0.3) is 5.91 Å². The average molecular weight is 261 g/mol. The van der Waals surface area contributed by atoms with Crippen LogP contribution in [-0.2, 0) is 0 Å². The van der Waals surface area contributed by atoms with Crippen LogP contribution in [0.25, 0.3) is 0 Å². The Hall–Kier alpha value is -1.81. The maximum absolute atomic E-state index is 12.2. The summed E-state index contributed by atoms with van der Waals surface area (Å²) in [5, 5.41) is 9.09. The number of amides is 1. The van der Waals surface area contributed by atoms with E-state index in [1.165, 1.54) is 0 Å². The van der Waals surface area contributed by atoms with Gasteiger partial charge in [-0.3, -0.25) is 4.79 Å². The fourth-order valence-electron chi connectivity index (χ4n) is 2.20. The van der Waals surface area contributed by atoms with Crippen molar-refractivity contribution in [1.29, 1.82) is 0 Å². The fraction of sp³-hybridized carbons (Fsp3) is 0.400. The van der Waals surface area contributed by atoms with Crippen LogP contribution in [0.1, 0.15) is 16.8 Å². The number of aliphatic hydroxyl groups excluding tert-OH is 1. The molecule has 4 heteroatoms. The molecule has 0 aromatic heterocycles. The Balaban J connectivity index is 1.97. The van der Waals surface area contributed by atoms with E-state index in [2.05, 4.69) is 6.58 Å². The summed E-state index contributed by atoms with van der Waals surface area (Å²) in [6, 6.07) is 7.12. The molecule has 0 saturated carbocycles. The first-order valence-electron chi connectivity index (χ1n) is 6.48. The Morgan fingerprint density at radius 3 is 2.79 bits per heavy atom. The molecule has 1 aromatic carbocycles. The molecule has 4 nitrogen and oxygen atoms in total. The molecular formula is C15H19NO3. The third-order valence-corrected chi connectivity index (χ3v) is 3.30. The zero-order chi connectivity index (χ0) is 13.7. The second-order valence-electron chi connectivity index (χ2n) is 4.71. The molecule has 0 spiro atoms. The van der Waals surface area contributed by atoms with Gasteiger partial charge in [-0.25, -0.2) is 0 Å². The molecule has 1 N–H and O–H groups in total. The molecule has 0 bridgehead atoms. The van der Waals surface area contributed by atoms with Crippen LogP contribution in [0.5, 0.6) is 5.75 Å². The zero-order valence-electron chi connectivity index (χ0n) is 10.9. The first-order chi connectivity index (χ1) is 9.24. The molecule has 0 aliphatic carbocycles. The third kappa shape index (κ3) is 3.35. The summed E-state index contributed by atoms with van der Waals surface area (Å²) in [4.78, 5) is 14.0. The lowest BCUT2D eigenvalue weighted by Crippen LogP contribution is -2.29. The van der Waals surface area contributed by atoms with E-state index in [1.807, 2.05) is 0 Å². The first-order valence-corrected chi connectivity index (χ1v) is 6.48. The van der Waals surface area contributed by atoms with Crippen LogP contribution in [0.2, 0.25) is 0 Å². The minimum atomic E-state index is 0.0196. The molecule has 2 rings (SSSR count). The number of carbonyl (C=O) groups excluding carboxylic acids is 1. The van der Waals surface area contributed by atoms with E-state index in [4.69, 9.17) is 9.84 Å². The second kappa shape index (κ2) is 6.38. The Kier molecular flexibility index (Phi) is 4.58. The lowest BCUT2D eigenvalue weighted by Gasteiger charge is -2.16. The summed E-state index contributed by atoms with van der Waals surface area (Å²) in [5.74, 6) is 0.969. The van der Waals surface area contributed by atoms with Crippen molar-refractivity contribution in [2.75, 3.05) is 26.3 Å². The molecule has 1 amide bonds. The number of likely N-dealkylation sites (tertiary alicyclic amines) is 1. The van der Waals surface area contributed by atoms with Gasteiger partial charge in [0.2, 0.25) is 0 Å². The van der Waals surface area contributed by atoms with Gasteiger partial charge in [0.05, 0.1) is 0 Å². The number of rotatable bonds is 5. The topological polar surface area (TPSA) is 49.8 Å². The molecule has 1 fully saturated rings. The highest BCUT2D eigenvalue weighted by atomic mass is 16.5. The zero-order valence-corrected chi connectivity index (χ0v) is 10.9. The molecular weight excluding hydrogens is 242 g/mol. The number of aliphatic hydroxyl groups is 1. The standard InChI is InChI=1S/C15H19NO3/c1-2-9-19-14-5-3-13(4-6-14)15(18)16-8-7-12(10-16)11-17/h2-6,12,17H,1,7-11H2. The fourth-order valence-corrected chi connectivity index (χ4v) is 2.20. The minimum Gasteiger partial charge on any atom is -0.490 e. The number of ether oxygens (including phenoxy) is 1. The summed E-state index contributed by atoms with van der Waals surface area (Å²) in [6.07, 6.45) is 2.56. The predicted octanol–water partition coefficient (Wildman–Crippen LogP) is 1.71. The maximum Gasteiger partial charge on any atom is 0.253 e. The molecule has 102 valence electrons. The number of benzene rings is 1. The van der Waals surface area contributed by atoms with Gasteiger partial charge < -0.3 is 14.7 Å². The van der Waals surface area contributed by atoms with Gasteiger partial charge in [-0.2, -0.15) is 0 Å². The lowest BCUT2D eigenvalue weighted by atomic mass is 10.1. The molecule has 19 heavy (non-hydrogen) atoms. The second-order valence-corrected chi connectivity index (χ2v) is 4.71. The van der Waals surface area contributed by atoms with E-state index in [9.17, 15) is 4.79 Å². The molecule has 1 heterocycles. The lowest BCUT2D eigenvalue weighted by molar-refractivity contribution is 0.0782. The maximum atomic E-state index is 12.2. The highest BCUT2D eigenvalue weighted by molar-refractivity contribution is 5.94. The van der Waals surface area contributed by atoms with E-state index in [1.54, 1.807) is 35.2 Å². The van der Waals surface area contributed by atoms with Crippen LogP contribution in [0.4, 0.5) is 0 Å². The van der Waals surface area contributed by atoms with Crippen molar-refractivity contribution in [1.82, 2.24) is 4.90 Å². The third-order valence-electron chi connectivity index (χ3n) is 3.30. The highest BCUT2D eigenvalue weighted by Crippen LogP contribution is 2.19. The van der Waals surface area contributed by atoms with Crippen LogP contribution in [-0.4, -0.2) is 42.2 Å². The number of carbonyl (C=O) groups is 1. The largest absolute Gasteiger partial charge is 0.490 e. The van der Waals surface area contributed by atoms with Gasteiger partial charge in [-0.05, 0) is 30.7 Å². The molecule has 1 aliphatic heterocycles. The average Bonchev–Trinajstić information content (AvgIpc) is 2.94. The van der Waals surface area contributed by atoms with Gasteiger partial charge in [-0.15, -0.1) is 0 Å². The van der Waals surface area contributed by atoms with E-state index < -0.39 is 0 Å². The van der Waals surface area contributed by atoms with Crippen LogP contribution in [0.15, 0.2) is 36.9 Å². The van der Waals surface area contributed by atoms with Crippen molar-refractivity contribution < 1.29 is 14.6 Å². The molecule has 1 atom stereocenters. The highest BCUT2D eigenvalue weighted by Gasteiger charge is 2.26. The normalized spacial score (nSPS) is 18.4. The van der Waals surface area contributed by atoms with Crippen molar-refractivity contribution in [3.05, 3.63) is 42.5 Å². The summed E-state index contributed by atoms with van der Waals surface area (Å²) in [5.41, 5.74) is 0.657. The van der Waals surface area contributed by atoms with E-state index in [0.29, 0.717) is 18.7 Å². The quantitative estimate of drug-likeness (QED) is 0.821. The Morgan fingerprint density at radius 1 is 1.47 bits per heavy atom. The monoisotopic (exact) mass is 261 g/mol. The minimum absolute atomic E-state index is 0.0196. The van der Waals surface area contributed by atoms with Gasteiger partial charge in [0.15, 0.2) is 0 Å². The van der Waals surface area contributed by atoms with Gasteiger partial charge in [0, 0.05) is 31.2 Å². The van der Waals surface area contributed by atoms with Crippen LogP contribution in [0.3, 0.4) is 0 Å². The van der Waals surface area contributed by atoms with Gasteiger partial charge in [-0.1, -0.05) is 12.7 Å². The smallest absolute Gasteiger partial charge is 0.253 e. The van der Waals surface area contributed by atoms with Crippen LogP contribution >= 0.6 is 0 Å². The van der Waals surface area contributed by atoms with E-state index in [-0.39, 0.29) is 18.4 Å². The number of nitrogens with zero attached hydrogens (tertiary/aromatic N) is 1. The number of hydrogen-bond donors (Lipinski definition) is 1. The van der Waals surface area contributed by atoms with E-state index in [0.717, 1.165) is 18.7 Å². The Labute approximate surface area is 113 Å². The van der Waals surface area contributed by atoms with Crippen molar-refractivity contribution in [2.45, 2.75) is 6.42 Å². The molecule has 1 aromatic rings. The molecule has 0 radical (unpaired) electrons.